The molecule has 1 aromatic rings. The molecule has 0 saturated heterocycles. The Kier molecular flexibility index (Phi) is 5.23. The number of carboxylic acid groups (broad SMARTS) is 1. The van der Waals surface area contributed by atoms with Gasteiger partial charge < -0.3 is 10.2 Å². The highest BCUT2D eigenvalue weighted by Gasteiger charge is 2.37. The molecule has 2 rings (SSSR count). The van der Waals surface area contributed by atoms with Gasteiger partial charge >= 0.3 is 5.97 Å². The molecular formula is C17H20N2O5. The Labute approximate surface area is 139 Å². The van der Waals surface area contributed by atoms with E-state index in [2.05, 4.69) is 10.9 Å². The zero-order valence-corrected chi connectivity index (χ0v) is 13.5. The number of phenols is 1. The zero-order valence-electron chi connectivity index (χ0n) is 13.5. The molecule has 0 saturated carbocycles. The summed E-state index contributed by atoms with van der Waals surface area (Å²) < 4.78 is 0. The van der Waals surface area contributed by atoms with Crippen molar-refractivity contribution in [2.75, 3.05) is 0 Å². The normalized spacial score (nSPS) is 20.4. The summed E-state index contributed by atoms with van der Waals surface area (Å²) in [5.41, 5.74) is 6.69. The average Bonchev–Trinajstić information content (AvgIpc) is 2.54. The van der Waals surface area contributed by atoms with Crippen LogP contribution in [0.4, 0.5) is 0 Å². The van der Waals surface area contributed by atoms with Gasteiger partial charge in [0.25, 0.3) is 5.91 Å². The number of hydrogen-bond donors (Lipinski definition) is 4. The molecule has 0 heterocycles. The van der Waals surface area contributed by atoms with Crippen molar-refractivity contribution in [3.05, 3.63) is 41.0 Å². The van der Waals surface area contributed by atoms with E-state index in [0.29, 0.717) is 12.8 Å². The molecule has 0 aromatic heterocycles. The topological polar surface area (TPSA) is 116 Å². The van der Waals surface area contributed by atoms with Crippen LogP contribution in [0.25, 0.3) is 0 Å². The molecule has 2 unspecified atom stereocenters. The van der Waals surface area contributed by atoms with Crippen LogP contribution in [-0.2, 0) is 9.59 Å². The molecule has 0 aliphatic heterocycles. The Hall–Kier alpha value is -2.83. The van der Waals surface area contributed by atoms with Crippen molar-refractivity contribution >= 4 is 17.8 Å². The van der Waals surface area contributed by atoms with E-state index in [1.807, 2.05) is 13.8 Å². The lowest BCUT2D eigenvalue weighted by atomic mass is 9.76. The molecule has 7 nitrogen and oxygen atoms in total. The lowest BCUT2D eigenvalue weighted by Crippen LogP contribution is -2.48. The molecule has 4 N–H and O–H groups in total. The van der Waals surface area contributed by atoms with Crippen LogP contribution in [0.5, 0.6) is 5.75 Å². The van der Waals surface area contributed by atoms with E-state index in [1.54, 1.807) is 0 Å². The van der Waals surface area contributed by atoms with Crippen molar-refractivity contribution in [2.24, 2.45) is 11.8 Å². The van der Waals surface area contributed by atoms with Crippen LogP contribution in [-0.4, -0.2) is 28.0 Å². The van der Waals surface area contributed by atoms with E-state index in [4.69, 9.17) is 0 Å². The van der Waals surface area contributed by atoms with Gasteiger partial charge in [0.05, 0.1) is 11.8 Å². The Balaban J connectivity index is 2.03. The molecule has 0 fully saturated rings. The van der Waals surface area contributed by atoms with Crippen LogP contribution >= 0.6 is 0 Å². The maximum Gasteiger partial charge on any atom is 0.307 e. The second kappa shape index (κ2) is 7.16. The van der Waals surface area contributed by atoms with E-state index in [0.717, 1.165) is 11.1 Å². The first kappa shape index (κ1) is 17.5. The number of phenolic OH excluding ortho intramolecular Hbond substituents is 1. The number of aliphatic carboxylic acids is 1. The minimum Gasteiger partial charge on any atom is -0.508 e. The number of nitrogens with one attached hydrogen (secondary N) is 2. The lowest BCUT2D eigenvalue weighted by molar-refractivity contribution is -0.147. The number of rotatable bonds is 3. The highest BCUT2D eigenvalue weighted by atomic mass is 16.4. The standard InChI is InChI=1S/C17H20N2O5/c1-9-6-13(14(17(23)24)7-10(9)2)16(22)19-18-15(21)11-4-3-5-12(20)8-11/h3-5,8,13-14,20H,6-7H2,1-2H3,(H,18,21)(H,19,22)(H,23,24). The van der Waals surface area contributed by atoms with Crippen molar-refractivity contribution in [1.82, 2.24) is 10.9 Å². The fraction of sp³-hybridized carbons (Fsp3) is 0.353. The fourth-order valence-corrected chi connectivity index (χ4v) is 2.76. The third-order valence-electron chi connectivity index (χ3n) is 4.33. The summed E-state index contributed by atoms with van der Waals surface area (Å²) in [6.07, 6.45) is 0.663. The Morgan fingerprint density at radius 1 is 1.04 bits per heavy atom. The van der Waals surface area contributed by atoms with E-state index in [1.165, 1.54) is 24.3 Å². The van der Waals surface area contributed by atoms with Crippen LogP contribution in [0.15, 0.2) is 35.4 Å². The summed E-state index contributed by atoms with van der Waals surface area (Å²) in [7, 11) is 0. The summed E-state index contributed by atoms with van der Waals surface area (Å²) in [6, 6.07) is 5.67. The molecule has 1 aliphatic rings. The molecule has 24 heavy (non-hydrogen) atoms. The highest BCUT2D eigenvalue weighted by Crippen LogP contribution is 2.34. The van der Waals surface area contributed by atoms with E-state index in [-0.39, 0.29) is 11.3 Å². The number of carboxylic acids is 1. The van der Waals surface area contributed by atoms with E-state index >= 15 is 0 Å². The molecular weight excluding hydrogens is 312 g/mol. The average molecular weight is 332 g/mol. The first-order chi connectivity index (χ1) is 11.3. The first-order valence-corrected chi connectivity index (χ1v) is 7.57. The number of hydrazine groups is 1. The molecule has 2 amide bonds. The highest BCUT2D eigenvalue weighted by molar-refractivity contribution is 5.96. The van der Waals surface area contributed by atoms with Gasteiger partial charge in [0.2, 0.25) is 5.91 Å². The number of benzene rings is 1. The fourth-order valence-electron chi connectivity index (χ4n) is 2.76. The number of carbonyl (C=O) groups excluding carboxylic acids is 2. The molecule has 0 bridgehead atoms. The summed E-state index contributed by atoms with van der Waals surface area (Å²) >= 11 is 0. The minimum atomic E-state index is -1.03. The smallest absolute Gasteiger partial charge is 0.307 e. The maximum absolute atomic E-state index is 12.3. The molecule has 1 aromatic carbocycles. The van der Waals surface area contributed by atoms with Crippen molar-refractivity contribution in [3.8, 4) is 5.75 Å². The number of carbonyl (C=O) groups is 3. The number of amides is 2. The predicted octanol–water partition coefficient (Wildman–Crippen LogP) is 1.60. The summed E-state index contributed by atoms with van der Waals surface area (Å²) in [4.78, 5) is 35.7. The van der Waals surface area contributed by atoms with Crippen LogP contribution in [0.2, 0.25) is 0 Å². The van der Waals surface area contributed by atoms with E-state index < -0.39 is 29.6 Å². The number of aromatic hydroxyl groups is 1. The van der Waals surface area contributed by atoms with Gasteiger partial charge in [-0.1, -0.05) is 17.2 Å². The predicted molar refractivity (Wildman–Crippen MR) is 85.9 cm³/mol. The third-order valence-corrected chi connectivity index (χ3v) is 4.33. The molecule has 1 aliphatic carbocycles. The SMILES string of the molecule is CC1=C(C)CC(C(=O)NNC(=O)c2cccc(O)c2)C(C(=O)O)C1. The van der Waals surface area contributed by atoms with Crippen LogP contribution < -0.4 is 10.9 Å². The van der Waals surface area contributed by atoms with Gasteiger partial charge in [-0.15, -0.1) is 0 Å². The summed E-state index contributed by atoms with van der Waals surface area (Å²) in [5.74, 6) is -3.78. The van der Waals surface area contributed by atoms with E-state index in [9.17, 15) is 24.6 Å². The lowest BCUT2D eigenvalue weighted by Gasteiger charge is -2.29. The quantitative estimate of drug-likeness (QED) is 0.496. The summed E-state index contributed by atoms with van der Waals surface area (Å²) in [5, 5.41) is 18.7. The second-order valence-electron chi connectivity index (χ2n) is 6.01. The second-order valence-corrected chi connectivity index (χ2v) is 6.01. The number of allylic oxidation sites excluding steroid dienone is 2. The van der Waals surface area contributed by atoms with Gasteiger partial charge in [-0.25, -0.2) is 0 Å². The monoisotopic (exact) mass is 332 g/mol. The van der Waals surface area contributed by atoms with Gasteiger partial charge in [0, 0.05) is 5.56 Å². The third kappa shape index (κ3) is 3.92. The molecule has 7 heteroatoms. The molecule has 0 spiro atoms. The summed E-state index contributed by atoms with van der Waals surface area (Å²) in [6.45, 7) is 3.74. The van der Waals surface area contributed by atoms with Gasteiger partial charge in [-0.2, -0.15) is 0 Å². The maximum atomic E-state index is 12.3. The van der Waals surface area contributed by atoms with Crippen molar-refractivity contribution in [1.29, 1.82) is 0 Å². The number of hydrogen-bond acceptors (Lipinski definition) is 4. The zero-order chi connectivity index (χ0) is 17.9. The minimum absolute atomic E-state index is 0.0663. The van der Waals surface area contributed by atoms with Gasteiger partial charge in [0.15, 0.2) is 0 Å². The van der Waals surface area contributed by atoms with Gasteiger partial charge in [0.1, 0.15) is 5.75 Å². The van der Waals surface area contributed by atoms with Gasteiger partial charge in [-0.05, 0) is 44.9 Å². The van der Waals surface area contributed by atoms with Crippen molar-refractivity contribution in [2.45, 2.75) is 26.7 Å². The molecule has 0 radical (unpaired) electrons. The Morgan fingerprint density at radius 3 is 2.25 bits per heavy atom. The van der Waals surface area contributed by atoms with Crippen molar-refractivity contribution < 1.29 is 24.6 Å². The molecule has 128 valence electrons. The van der Waals surface area contributed by atoms with Crippen molar-refractivity contribution in [3.63, 3.8) is 0 Å². The largest absolute Gasteiger partial charge is 0.508 e. The van der Waals surface area contributed by atoms with Crippen LogP contribution in [0.3, 0.4) is 0 Å². The van der Waals surface area contributed by atoms with Crippen LogP contribution in [0, 0.1) is 11.8 Å². The first-order valence-electron chi connectivity index (χ1n) is 7.57. The van der Waals surface area contributed by atoms with Crippen LogP contribution in [0.1, 0.15) is 37.0 Å². The molecule has 2 atom stereocenters. The Bertz CT molecular complexity index is 711. The Morgan fingerprint density at radius 2 is 1.67 bits per heavy atom. The van der Waals surface area contributed by atoms with Gasteiger partial charge in [-0.3, -0.25) is 25.2 Å².